The van der Waals surface area contributed by atoms with E-state index in [9.17, 15) is 0 Å². The molecule has 0 radical (unpaired) electrons. The second-order valence-corrected chi connectivity index (χ2v) is 7.90. The lowest BCUT2D eigenvalue weighted by atomic mass is 10.1. The second kappa shape index (κ2) is 6.33. The first-order chi connectivity index (χ1) is 8.54. The zero-order chi connectivity index (χ0) is 13.1. The Morgan fingerprint density at radius 1 is 1.33 bits per heavy atom. The van der Waals surface area contributed by atoms with Gasteiger partial charge in [0.2, 0.25) is 0 Å². The molecule has 0 saturated carbocycles. The van der Waals surface area contributed by atoms with Crippen LogP contribution in [0.1, 0.15) is 34.5 Å². The van der Waals surface area contributed by atoms with Crippen LogP contribution in [0.2, 0.25) is 0 Å². The summed E-state index contributed by atoms with van der Waals surface area (Å²) >= 11 is 7.21. The first-order valence-electron chi connectivity index (χ1n) is 6.10. The van der Waals surface area contributed by atoms with Crippen LogP contribution < -0.4 is 5.32 Å². The monoisotopic (exact) mass is 343 g/mol. The van der Waals surface area contributed by atoms with Gasteiger partial charge in [0.05, 0.1) is 0 Å². The molecule has 0 aromatic carbocycles. The standard InChI is InChI=1S/C14H18BrNS2/c1-9(6-13-5-4-10(2)18-13)16-11(3)14-7-12(15)8-17-14/h4-5,7-9,11,16H,6H2,1-3H3. The molecule has 18 heavy (non-hydrogen) atoms. The molecule has 0 amide bonds. The average Bonchev–Trinajstić information content (AvgIpc) is 2.87. The number of aryl methyl sites for hydroxylation is 1. The highest BCUT2D eigenvalue weighted by atomic mass is 79.9. The highest BCUT2D eigenvalue weighted by Crippen LogP contribution is 2.26. The summed E-state index contributed by atoms with van der Waals surface area (Å²) in [7, 11) is 0. The number of nitrogens with one attached hydrogen (secondary N) is 1. The molecule has 2 heterocycles. The normalized spacial score (nSPS) is 14.7. The van der Waals surface area contributed by atoms with Gasteiger partial charge in [-0.15, -0.1) is 22.7 Å². The molecule has 1 nitrogen and oxygen atoms in total. The van der Waals surface area contributed by atoms with Gasteiger partial charge >= 0.3 is 0 Å². The SMILES string of the molecule is Cc1ccc(CC(C)NC(C)c2cc(Br)cs2)s1. The third-order valence-corrected chi connectivity index (χ3v) is 5.75. The Labute approximate surface area is 125 Å². The summed E-state index contributed by atoms with van der Waals surface area (Å²) in [6.45, 7) is 6.65. The van der Waals surface area contributed by atoms with Crippen LogP contribution >= 0.6 is 38.6 Å². The summed E-state index contributed by atoms with van der Waals surface area (Å²) in [6, 6.07) is 7.55. The number of rotatable bonds is 5. The molecule has 98 valence electrons. The summed E-state index contributed by atoms with van der Waals surface area (Å²) < 4.78 is 1.18. The van der Waals surface area contributed by atoms with Crippen LogP contribution in [0.15, 0.2) is 28.1 Å². The van der Waals surface area contributed by atoms with Crippen molar-refractivity contribution in [2.75, 3.05) is 0 Å². The van der Waals surface area contributed by atoms with Gasteiger partial charge in [-0.2, -0.15) is 0 Å². The fraction of sp³-hybridized carbons (Fsp3) is 0.429. The topological polar surface area (TPSA) is 12.0 Å². The van der Waals surface area contributed by atoms with Gasteiger partial charge in [0.15, 0.2) is 0 Å². The fourth-order valence-electron chi connectivity index (χ4n) is 2.02. The maximum Gasteiger partial charge on any atom is 0.0388 e. The molecule has 0 aliphatic rings. The van der Waals surface area contributed by atoms with E-state index in [0.717, 1.165) is 6.42 Å². The predicted octanol–water partition coefficient (Wildman–Crippen LogP) is 5.16. The largest absolute Gasteiger partial charge is 0.307 e. The van der Waals surface area contributed by atoms with Crippen molar-refractivity contribution in [3.63, 3.8) is 0 Å². The smallest absolute Gasteiger partial charge is 0.0388 e. The van der Waals surface area contributed by atoms with E-state index < -0.39 is 0 Å². The molecule has 2 unspecified atom stereocenters. The molecule has 2 atom stereocenters. The molecule has 2 aromatic rings. The molecule has 0 fully saturated rings. The number of thiophene rings is 2. The number of halogens is 1. The third kappa shape index (κ3) is 3.92. The Morgan fingerprint density at radius 3 is 2.67 bits per heavy atom. The van der Waals surface area contributed by atoms with E-state index in [4.69, 9.17) is 0 Å². The van der Waals surface area contributed by atoms with Crippen molar-refractivity contribution in [1.82, 2.24) is 5.32 Å². The van der Waals surface area contributed by atoms with Crippen LogP contribution in [0.3, 0.4) is 0 Å². The number of hydrogen-bond acceptors (Lipinski definition) is 3. The molecule has 0 bridgehead atoms. The lowest BCUT2D eigenvalue weighted by Gasteiger charge is -2.18. The highest BCUT2D eigenvalue weighted by Gasteiger charge is 2.12. The lowest BCUT2D eigenvalue weighted by Crippen LogP contribution is -2.30. The van der Waals surface area contributed by atoms with Gasteiger partial charge in [-0.3, -0.25) is 0 Å². The minimum Gasteiger partial charge on any atom is -0.307 e. The van der Waals surface area contributed by atoms with Gasteiger partial charge in [-0.05, 0) is 61.3 Å². The fourth-order valence-corrected chi connectivity index (χ4v) is 4.50. The van der Waals surface area contributed by atoms with Crippen molar-refractivity contribution >= 4 is 38.6 Å². The Bertz CT molecular complexity index is 503. The molecule has 0 saturated heterocycles. The summed E-state index contributed by atoms with van der Waals surface area (Å²) in [5.41, 5.74) is 0. The molecule has 4 heteroatoms. The molecule has 2 aromatic heterocycles. The molecule has 0 spiro atoms. The quantitative estimate of drug-likeness (QED) is 0.790. The third-order valence-electron chi connectivity index (χ3n) is 2.85. The van der Waals surface area contributed by atoms with Gasteiger partial charge in [-0.1, -0.05) is 0 Å². The Morgan fingerprint density at radius 2 is 2.11 bits per heavy atom. The molecule has 0 aliphatic heterocycles. The Kier molecular flexibility index (Phi) is 5.01. The first kappa shape index (κ1) is 14.3. The Balaban J connectivity index is 1.89. The van der Waals surface area contributed by atoms with Gasteiger partial charge in [0, 0.05) is 36.6 Å². The van der Waals surface area contributed by atoms with Crippen molar-refractivity contribution < 1.29 is 0 Å². The van der Waals surface area contributed by atoms with Crippen molar-refractivity contribution in [3.05, 3.63) is 42.7 Å². The van der Waals surface area contributed by atoms with Gasteiger partial charge in [0.25, 0.3) is 0 Å². The van der Waals surface area contributed by atoms with Crippen molar-refractivity contribution in [1.29, 1.82) is 0 Å². The van der Waals surface area contributed by atoms with E-state index in [2.05, 4.69) is 65.6 Å². The van der Waals surface area contributed by atoms with Crippen molar-refractivity contribution in [2.24, 2.45) is 0 Å². The van der Waals surface area contributed by atoms with Crippen LogP contribution in [-0.4, -0.2) is 6.04 Å². The summed E-state index contributed by atoms with van der Waals surface area (Å²) in [5.74, 6) is 0. The van der Waals surface area contributed by atoms with Crippen LogP contribution in [0.25, 0.3) is 0 Å². The molecule has 2 rings (SSSR count). The van der Waals surface area contributed by atoms with Crippen LogP contribution in [0, 0.1) is 6.92 Å². The molecular formula is C14H18BrNS2. The van der Waals surface area contributed by atoms with E-state index >= 15 is 0 Å². The maximum atomic E-state index is 3.66. The van der Waals surface area contributed by atoms with Crippen LogP contribution in [0.5, 0.6) is 0 Å². The average molecular weight is 344 g/mol. The van der Waals surface area contributed by atoms with E-state index in [1.165, 1.54) is 19.1 Å². The van der Waals surface area contributed by atoms with Crippen LogP contribution in [0.4, 0.5) is 0 Å². The van der Waals surface area contributed by atoms with Crippen molar-refractivity contribution in [2.45, 2.75) is 39.3 Å². The molecule has 1 N–H and O–H groups in total. The maximum absolute atomic E-state index is 3.66. The predicted molar refractivity (Wildman–Crippen MR) is 85.8 cm³/mol. The van der Waals surface area contributed by atoms with E-state index in [1.54, 1.807) is 11.3 Å². The Hall–Kier alpha value is -0.160. The minimum absolute atomic E-state index is 0.414. The van der Waals surface area contributed by atoms with E-state index in [1.807, 2.05) is 11.3 Å². The zero-order valence-corrected chi connectivity index (χ0v) is 14.1. The molecule has 0 aliphatic carbocycles. The summed E-state index contributed by atoms with van der Waals surface area (Å²) in [4.78, 5) is 4.25. The van der Waals surface area contributed by atoms with E-state index in [-0.39, 0.29) is 0 Å². The lowest BCUT2D eigenvalue weighted by molar-refractivity contribution is 0.484. The van der Waals surface area contributed by atoms with Gasteiger partial charge in [-0.25, -0.2) is 0 Å². The van der Waals surface area contributed by atoms with Crippen LogP contribution in [-0.2, 0) is 6.42 Å². The van der Waals surface area contributed by atoms with E-state index in [0.29, 0.717) is 12.1 Å². The first-order valence-corrected chi connectivity index (χ1v) is 8.59. The number of hydrogen-bond donors (Lipinski definition) is 1. The zero-order valence-electron chi connectivity index (χ0n) is 10.9. The highest BCUT2D eigenvalue weighted by molar-refractivity contribution is 9.10. The second-order valence-electron chi connectivity index (χ2n) is 4.67. The van der Waals surface area contributed by atoms with Gasteiger partial charge in [0.1, 0.15) is 0 Å². The van der Waals surface area contributed by atoms with Crippen molar-refractivity contribution in [3.8, 4) is 0 Å². The minimum atomic E-state index is 0.414. The summed E-state index contributed by atoms with van der Waals surface area (Å²) in [6.07, 6.45) is 1.11. The molecular weight excluding hydrogens is 326 g/mol. The summed E-state index contributed by atoms with van der Waals surface area (Å²) in [5, 5.41) is 5.80. The van der Waals surface area contributed by atoms with Gasteiger partial charge < -0.3 is 5.32 Å².